The van der Waals surface area contributed by atoms with Crippen LogP contribution in [0.2, 0.25) is 0 Å². The van der Waals surface area contributed by atoms with Gasteiger partial charge in [-0.3, -0.25) is 10.1 Å². The van der Waals surface area contributed by atoms with Crippen LogP contribution in [0.3, 0.4) is 0 Å². The van der Waals surface area contributed by atoms with E-state index in [4.69, 9.17) is 0 Å². The van der Waals surface area contributed by atoms with Gasteiger partial charge in [0.25, 0.3) is 0 Å². The number of nitro groups is 1. The molecule has 14 heavy (non-hydrogen) atoms. The fourth-order valence-corrected chi connectivity index (χ4v) is 0.997. The minimum atomic E-state index is -1.29. The molecule has 0 saturated heterocycles. The molecule has 0 heterocycles. The minimum Gasteiger partial charge on any atom is -0.303 e. The molecule has 0 spiro atoms. The van der Waals surface area contributed by atoms with Gasteiger partial charge in [0.1, 0.15) is 12.1 Å². The van der Waals surface area contributed by atoms with Crippen molar-refractivity contribution in [3.63, 3.8) is 0 Å². The normalized spacial score (nSPS) is 9.86. The van der Waals surface area contributed by atoms with Gasteiger partial charge < -0.3 is 4.79 Å². The Morgan fingerprint density at radius 2 is 2.07 bits per heavy atom. The third-order valence-corrected chi connectivity index (χ3v) is 1.65. The standard InChI is InChI=1S/C8H5F2NO3/c9-6-1-2-7(11(13)14)8(10)5(6)3-4-12/h1-2,4H,3H2. The van der Waals surface area contributed by atoms with Gasteiger partial charge in [0, 0.05) is 18.1 Å². The van der Waals surface area contributed by atoms with Gasteiger partial charge in [-0.15, -0.1) is 0 Å². The van der Waals surface area contributed by atoms with E-state index < -0.39 is 34.2 Å². The maximum Gasteiger partial charge on any atom is 0.305 e. The first-order valence-electron chi connectivity index (χ1n) is 3.62. The molecule has 0 radical (unpaired) electrons. The zero-order valence-corrected chi connectivity index (χ0v) is 6.87. The van der Waals surface area contributed by atoms with Gasteiger partial charge >= 0.3 is 5.69 Å². The minimum absolute atomic E-state index is 0.283. The Hall–Kier alpha value is -1.85. The topological polar surface area (TPSA) is 60.2 Å². The summed E-state index contributed by atoms with van der Waals surface area (Å²) < 4.78 is 26.0. The number of nitro benzene ring substituents is 1. The predicted octanol–water partition coefficient (Wildman–Crippen LogP) is 1.61. The lowest BCUT2D eigenvalue weighted by atomic mass is 10.1. The largest absolute Gasteiger partial charge is 0.305 e. The third kappa shape index (κ3) is 1.73. The second-order valence-corrected chi connectivity index (χ2v) is 2.49. The maximum absolute atomic E-state index is 13.1. The first-order valence-corrected chi connectivity index (χ1v) is 3.62. The molecule has 0 atom stereocenters. The predicted molar refractivity (Wildman–Crippen MR) is 42.8 cm³/mol. The number of halogens is 2. The van der Waals surface area contributed by atoms with E-state index in [0.717, 1.165) is 12.1 Å². The fraction of sp³-hybridized carbons (Fsp3) is 0.125. The molecule has 0 amide bonds. The van der Waals surface area contributed by atoms with Crippen molar-refractivity contribution in [3.8, 4) is 0 Å². The number of rotatable bonds is 3. The second kappa shape index (κ2) is 3.91. The highest BCUT2D eigenvalue weighted by Crippen LogP contribution is 2.22. The average Bonchev–Trinajstić information content (AvgIpc) is 2.11. The van der Waals surface area contributed by atoms with Crippen LogP contribution in [0, 0.1) is 21.7 Å². The molecule has 0 fully saturated rings. The number of carbonyl (C=O) groups is 1. The van der Waals surface area contributed by atoms with Crippen LogP contribution >= 0.6 is 0 Å². The summed E-state index contributed by atoms with van der Waals surface area (Å²) in [5.41, 5.74) is -1.41. The van der Waals surface area contributed by atoms with E-state index in [2.05, 4.69) is 0 Å². The second-order valence-electron chi connectivity index (χ2n) is 2.49. The van der Waals surface area contributed by atoms with E-state index in [1.165, 1.54) is 0 Å². The van der Waals surface area contributed by atoms with Crippen LogP contribution in [0.5, 0.6) is 0 Å². The van der Waals surface area contributed by atoms with Crippen molar-refractivity contribution in [2.75, 3.05) is 0 Å². The van der Waals surface area contributed by atoms with E-state index in [0.29, 0.717) is 0 Å². The van der Waals surface area contributed by atoms with Crippen molar-refractivity contribution in [2.45, 2.75) is 6.42 Å². The third-order valence-electron chi connectivity index (χ3n) is 1.65. The molecule has 1 aromatic rings. The van der Waals surface area contributed by atoms with Crippen molar-refractivity contribution >= 4 is 12.0 Å². The molecule has 1 rings (SSSR count). The van der Waals surface area contributed by atoms with Gasteiger partial charge in [0.05, 0.1) is 4.92 Å². The van der Waals surface area contributed by atoms with Crippen LogP contribution in [0.1, 0.15) is 5.56 Å². The lowest BCUT2D eigenvalue weighted by Crippen LogP contribution is -2.01. The maximum atomic E-state index is 13.1. The van der Waals surface area contributed by atoms with E-state index in [1.807, 2.05) is 0 Å². The van der Waals surface area contributed by atoms with Crippen LogP contribution in [-0.4, -0.2) is 11.2 Å². The quantitative estimate of drug-likeness (QED) is 0.424. The van der Waals surface area contributed by atoms with Gasteiger partial charge in [0.2, 0.25) is 5.82 Å². The molecule has 4 nitrogen and oxygen atoms in total. The van der Waals surface area contributed by atoms with Crippen LogP contribution in [0.25, 0.3) is 0 Å². The highest BCUT2D eigenvalue weighted by Gasteiger charge is 2.20. The number of carbonyl (C=O) groups excluding carboxylic acids is 1. The Morgan fingerprint density at radius 1 is 1.43 bits per heavy atom. The molecule has 0 bridgehead atoms. The van der Waals surface area contributed by atoms with Gasteiger partial charge in [0.15, 0.2) is 0 Å². The summed E-state index contributed by atoms with van der Waals surface area (Å²) in [4.78, 5) is 19.3. The highest BCUT2D eigenvalue weighted by atomic mass is 19.1. The van der Waals surface area contributed by atoms with Gasteiger partial charge in [-0.1, -0.05) is 0 Å². The summed E-state index contributed by atoms with van der Waals surface area (Å²) in [6.45, 7) is 0. The Morgan fingerprint density at radius 3 is 2.57 bits per heavy atom. The summed E-state index contributed by atoms with van der Waals surface area (Å²) in [6.07, 6.45) is -0.232. The zero-order valence-electron chi connectivity index (χ0n) is 6.87. The molecular formula is C8H5F2NO3. The van der Waals surface area contributed by atoms with Crippen LogP contribution in [0.15, 0.2) is 12.1 Å². The molecule has 0 aromatic heterocycles. The van der Waals surface area contributed by atoms with Gasteiger partial charge in [-0.25, -0.2) is 4.39 Å². The zero-order chi connectivity index (χ0) is 10.7. The van der Waals surface area contributed by atoms with Crippen LogP contribution in [0.4, 0.5) is 14.5 Å². The first-order chi connectivity index (χ1) is 6.57. The average molecular weight is 201 g/mol. The molecule has 1 aromatic carbocycles. The highest BCUT2D eigenvalue weighted by molar-refractivity contribution is 5.56. The summed E-state index contributed by atoms with van der Waals surface area (Å²) >= 11 is 0. The van der Waals surface area contributed by atoms with E-state index in [-0.39, 0.29) is 6.29 Å². The van der Waals surface area contributed by atoms with E-state index in [9.17, 15) is 23.7 Å². The summed E-state index contributed by atoms with van der Waals surface area (Å²) in [7, 11) is 0. The van der Waals surface area contributed by atoms with E-state index >= 15 is 0 Å². The molecule has 0 aliphatic carbocycles. The van der Waals surface area contributed by atoms with Crippen molar-refractivity contribution in [2.24, 2.45) is 0 Å². The lowest BCUT2D eigenvalue weighted by Gasteiger charge is -2.00. The number of hydrogen-bond donors (Lipinski definition) is 0. The summed E-state index contributed by atoms with van der Waals surface area (Å²) in [5.74, 6) is -2.25. The summed E-state index contributed by atoms with van der Waals surface area (Å²) in [6, 6.07) is 1.49. The molecule has 0 N–H and O–H groups in total. The Labute approximate surface area is 77.3 Å². The Balaban J connectivity index is 3.32. The lowest BCUT2D eigenvalue weighted by molar-refractivity contribution is -0.387. The Kier molecular flexibility index (Phi) is 2.85. The van der Waals surface area contributed by atoms with Crippen molar-refractivity contribution < 1.29 is 18.5 Å². The SMILES string of the molecule is O=CCc1c(F)ccc([N+](=O)[O-])c1F. The van der Waals surface area contributed by atoms with Crippen LogP contribution in [-0.2, 0) is 11.2 Å². The van der Waals surface area contributed by atoms with Crippen molar-refractivity contribution in [1.29, 1.82) is 0 Å². The van der Waals surface area contributed by atoms with Gasteiger partial charge in [-0.2, -0.15) is 4.39 Å². The molecule has 0 unspecified atom stereocenters. The molecular weight excluding hydrogens is 196 g/mol. The van der Waals surface area contributed by atoms with Crippen LogP contribution < -0.4 is 0 Å². The van der Waals surface area contributed by atoms with Gasteiger partial charge in [-0.05, 0) is 6.07 Å². The molecule has 6 heteroatoms. The number of benzene rings is 1. The molecule has 0 aliphatic rings. The number of aldehydes is 1. The molecule has 0 aliphatic heterocycles. The molecule has 0 saturated carbocycles. The fourth-order valence-electron chi connectivity index (χ4n) is 0.997. The monoisotopic (exact) mass is 201 g/mol. The Bertz CT molecular complexity index is 392. The smallest absolute Gasteiger partial charge is 0.303 e. The van der Waals surface area contributed by atoms with Crippen molar-refractivity contribution in [3.05, 3.63) is 39.4 Å². The number of nitrogens with zero attached hydrogens (tertiary/aromatic N) is 1. The number of hydrogen-bond acceptors (Lipinski definition) is 3. The first kappa shape index (κ1) is 10.2. The molecule has 74 valence electrons. The van der Waals surface area contributed by atoms with E-state index in [1.54, 1.807) is 0 Å². The van der Waals surface area contributed by atoms with Crippen molar-refractivity contribution in [1.82, 2.24) is 0 Å². The summed E-state index contributed by atoms with van der Waals surface area (Å²) in [5, 5.41) is 10.2.